The zero-order valence-corrected chi connectivity index (χ0v) is 12.9. The number of ether oxygens (including phenoxy) is 3. The highest BCUT2D eigenvalue weighted by molar-refractivity contribution is 5.92. The van der Waals surface area contributed by atoms with E-state index in [0.717, 1.165) is 5.56 Å². The van der Waals surface area contributed by atoms with Gasteiger partial charge in [-0.3, -0.25) is 4.79 Å². The summed E-state index contributed by atoms with van der Waals surface area (Å²) in [5, 5.41) is 2.76. The summed E-state index contributed by atoms with van der Waals surface area (Å²) in [6, 6.07) is 12.7. The summed E-state index contributed by atoms with van der Waals surface area (Å²) < 4.78 is 15.9. The van der Waals surface area contributed by atoms with Gasteiger partial charge in [-0.2, -0.15) is 0 Å². The largest absolute Gasteiger partial charge is 0.493 e. The number of carbonyl (C=O) groups is 1. The van der Waals surface area contributed by atoms with Crippen LogP contribution in [0.2, 0.25) is 0 Å². The Bertz CT molecular complexity index is 655. The standard InChI is InChI=1S/C17H19NO4/c1-12-6-4-5-7-14(12)22-11-17(19)18-13-8-9-15(20-2)16(10-13)21-3/h4-10H,11H2,1-3H3,(H,18,19). The number of amides is 1. The maximum atomic E-state index is 11.9. The van der Waals surface area contributed by atoms with E-state index in [1.54, 1.807) is 32.4 Å². The van der Waals surface area contributed by atoms with Gasteiger partial charge in [0.1, 0.15) is 5.75 Å². The SMILES string of the molecule is COc1ccc(NC(=O)COc2ccccc2C)cc1OC. The molecule has 0 fully saturated rings. The molecule has 0 saturated carbocycles. The van der Waals surface area contributed by atoms with Crippen molar-refractivity contribution < 1.29 is 19.0 Å². The Morgan fingerprint density at radius 2 is 1.73 bits per heavy atom. The van der Waals surface area contributed by atoms with Gasteiger partial charge in [-0.25, -0.2) is 0 Å². The van der Waals surface area contributed by atoms with Crippen LogP contribution in [0.4, 0.5) is 5.69 Å². The zero-order chi connectivity index (χ0) is 15.9. The minimum Gasteiger partial charge on any atom is -0.493 e. The molecule has 0 aliphatic carbocycles. The smallest absolute Gasteiger partial charge is 0.262 e. The van der Waals surface area contributed by atoms with Gasteiger partial charge in [-0.15, -0.1) is 0 Å². The van der Waals surface area contributed by atoms with Crippen molar-refractivity contribution in [3.63, 3.8) is 0 Å². The number of para-hydroxylation sites is 1. The maximum Gasteiger partial charge on any atom is 0.262 e. The molecule has 1 amide bonds. The normalized spacial score (nSPS) is 9.95. The molecule has 2 aromatic rings. The van der Waals surface area contributed by atoms with Gasteiger partial charge in [0.15, 0.2) is 18.1 Å². The van der Waals surface area contributed by atoms with E-state index in [4.69, 9.17) is 14.2 Å². The molecule has 22 heavy (non-hydrogen) atoms. The van der Waals surface area contributed by atoms with Gasteiger partial charge in [0.05, 0.1) is 14.2 Å². The van der Waals surface area contributed by atoms with E-state index < -0.39 is 0 Å². The lowest BCUT2D eigenvalue weighted by Crippen LogP contribution is -2.20. The van der Waals surface area contributed by atoms with Crippen molar-refractivity contribution in [3.8, 4) is 17.2 Å². The van der Waals surface area contributed by atoms with Crippen molar-refractivity contribution >= 4 is 11.6 Å². The molecule has 0 radical (unpaired) electrons. The number of benzene rings is 2. The first-order chi connectivity index (χ1) is 10.6. The molecule has 0 bridgehead atoms. The minimum atomic E-state index is -0.240. The van der Waals surface area contributed by atoms with E-state index in [1.165, 1.54) is 0 Å². The Kier molecular flexibility index (Phi) is 5.25. The molecule has 1 N–H and O–H groups in total. The molecule has 0 atom stereocenters. The van der Waals surface area contributed by atoms with Crippen molar-refractivity contribution in [3.05, 3.63) is 48.0 Å². The lowest BCUT2D eigenvalue weighted by atomic mass is 10.2. The Hall–Kier alpha value is -2.69. The Morgan fingerprint density at radius 1 is 1.00 bits per heavy atom. The highest BCUT2D eigenvalue weighted by atomic mass is 16.5. The third-order valence-electron chi connectivity index (χ3n) is 3.12. The Morgan fingerprint density at radius 3 is 2.41 bits per heavy atom. The molecule has 0 aliphatic rings. The number of nitrogens with one attached hydrogen (secondary N) is 1. The first-order valence-electron chi connectivity index (χ1n) is 6.84. The third kappa shape index (κ3) is 3.91. The van der Waals surface area contributed by atoms with Crippen LogP contribution in [0, 0.1) is 6.92 Å². The fourth-order valence-corrected chi connectivity index (χ4v) is 1.97. The van der Waals surface area contributed by atoms with Crippen LogP contribution >= 0.6 is 0 Å². The van der Waals surface area contributed by atoms with Gasteiger partial charge in [0.2, 0.25) is 0 Å². The van der Waals surface area contributed by atoms with E-state index in [9.17, 15) is 4.79 Å². The molecule has 0 unspecified atom stereocenters. The van der Waals surface area contributed by atoms with Crippen LogP contribution in [-0.4, -0.2) is 26.7 Å². The van der Waals surface area contributed by atoms with Crippen LogP contribution in [-0.2, 0) is 4.79 Å². The lowest BCUT2D eigenvalue weighted by molar-refractivity contribution is -0.118. The monoisotopic (exact) mass is 301 g/mol. The predicted molar refractivity (Wildman–Crippen MR) is 84.8 cm³/mol. The molecule has 0 spiro atoms. The van der Waals surface area contributed by atoms with Crippen LogP contribution in [0.15, 0.2) is 42.5 Å². The average Bonchev–Trinajstić information content (AvgIpc) is 2.54. The number of carbonyl (C=O) groups excluding carboxylic acids is 1. The summed E-state index contributed by atoms with van der Waals surface area (Å²) in [5.41, 5.74) is 1.61. The van der Waals surface area contributed by atoms with Crippen LogP contribution in [0.5, 0.6) is 17.2 Å². The second-order valence-electron chi connectivity index (χ2n) is 4.67. The molecule has 5 heteroatoms. The number of aryl methyl sites for hydroxylation is 1. The number of anilines is 1. The summed E-state index contributed by atoms with van der Waals surface area (Å²) in [6.07, 6.45) is 0. The fourth-order valence-electron chi connectivity index (χ4n) is 1.97. The molecule has 116 valence electrons. The minimum absolute atomic E-state index is 0.0564. The van der Waals surface area contributed by atoms with E-state index in [0.29, 0.717) is 22.9 Å². The number of rotatable bonds is 6. The quantitative estimate of drug-likeness (QED) is 0.891. The van der Waals surface area contributed by atoms with E-state index >= 15 is 0 Å². The first kappa shape index (κ1) is 15.7. The molecule has 2 rings (SSSR count). The molecule has 5 nitrogen and oxygen atoms in total. The Labute approximate surface area is 129 Å². The zero-order valence-electron chi connectivity index (χ0n) is 12.9. The summed E-state index contributed by atoms with van der Waals surface area (Å²) in [5.74, 6) is 1.62. The van der Waals surface area contributed by atoms with Crippen LogP contribution in [0.25, 0.3) is 0 Å². The van der Waals surface area contributed by atoms with Crippen LogP contribution < -0.4 is 19.5 Å². The van der Waals surface area contributed by atoms with E-state index in [1.807, 2.05) is 31.2 Å². The number of methoxy groups -OCH3 is 2. The third-order valence-corrected chi connectivity index (χ3v) is 3.12. The maximum absolute atomic E-state index is 11.9. The molecule has 0 saturated heterocycles. The molecule has 2 aromatic carbocycles. The second kappa shape index (κ2) is 7.36. The summed E-state index contributed by atoms with van der Waals surface area (Å²) in [6.45, 7) is 1.88. The second-order valence-corrected chi connectivity index (χ2v) is 4.67. The van der Waals surface area contributed by atoms with E-state index in [2.05, 4.69) is 5.32 Å². The van der Waals surface area contributed by atoms with Crippen LogP contribution in [0.3, 0.4) is 0 Å². The summed E-state index contributed by atoms with van der Waals surface area (Å²) in [4.78, 5) is 11.9. The van der Waals surface area contributed by atoms with Gasteiger partial charge >= 0.3 is 0 Å². The summed E-state index contributed by atoms with van der Waals surface area (Å²) in [7, 11) is 3.11. The van der Waals surface area contributed by atoms with Crippen molar-refractivity contribution in [2.24, 2.45) is 0 Å². The molecule has 0 heterocycles. The van der Waals surface area contributed by atoms with Gasteiger partial charge < -0.3 is 19.5 Å². The first-order valence-corrected chi connectivity index (χ1v) is 6.84. The molecule has 0 aromatic heterocycles. The molecular formula is C17H19NO4. The van der Waals surface area contributed by atoms with Gasteiger partial charge in [0.25, 0.3) is 5.91 Å². The lowest BCUT2D eigenvalue weighted by Gasteiger charge is -2.11. The van der Waals surface area contributed by atoms with Gasteiger partial charge in [0, 0.05) is 11.8 Å². The van der Waals surface area contributed by atoms with E-state index in [-0.39, 0.29) is 12.5 Å². The average molecular weight is 301 g/mol. The highest BCUT2D eigenvalue weighted by Crippen LogP contribution is 2.29. The van der Waals surface area contributed by atoms with Crippen molar-refractivity contribution in [2.75, 3.05) is 26.1 Å². The highest BCUT2D eigenvalue weighted by Gasteiger charge is 2.08. The molecule has 0 aliphatic heterocycles. The van der Waals surface area contributed by atoms with Crippen molar-refractivity contribution in [1.29, 1.82) is 0 Å². The predicted octanol–water partition coefficient (Wildman–Crippen LogP) is 3.03. The topological polar surface area (TPSA) is 56.8 Å². The molecular weight excluding hydrogens is 282 g/mol. The number of hydrogen-bond acceptors (Lipinski definition) is 4. The van der Waals surface area contributed by atoms with Gasteiger partial charge in [-0.05, 0) is 30.7 Å². The van der Waals surface area contributed by atoms with Gasteiger partial charge in [-0.1, -0.05) is 18.2 Å². The van der Waals surface area contributed by atoms with Crippen molar-refractivity contribution in [2.45, 2.75) is 6.92 Å². The van der Waals surface area contributed by atoms with Crippen molar-refractivity contribution in [1.82, 2.24) is 0 Å². The summed E-state index contributed by atoms with van der Waals surface area (Å²) >= 11 is 0. The number of hydrogen-bond donors (Lipinski definition) is 1. The Balaban J connectivity index is 1.96. The fraction of sp³-hybridized carbons (Fsp3) is 0.235. The van der Waals surface area contributed by atoms with Crippen LogP contribution in [0.1, 0.15) is 5.56 Å².